The van der Waals surface area contributed by atoms with E-state index in [1.54, 1.807) is 49.8 Å². The van der Waals surface area contributed by atoms with Crippen molar-refractivity contribution >= 4 is 35.2 Å². The van der Waals surface area contributed by atoms with Crippen molar-refractivity contribution in [3.63, 3.8) is 0 Å². The van der Waals surface area contributed by atoms with Gasteiger partial charge in [-0.3, -0.25) is 23.4 Å². The molecule has 0 unspecified atom stereocenters. The number of benzene rings is 1. The molecular formula is C20H23ClN6O3S. The minimum Gasteiger partial charge on any atom is -0.493 e. The van der Waals surface area contributed by atoms with Gasteiger partial charge in [-0.25, -0.2) is 4.68 Å². The Morgan fingerprint density at radius 2 is 1.68 bits per heavy atom. The first-order chi connectivity index (χ1) is 14.8. The Kier molecular flexibility index (Phi) is 6.61. The number of hydrogen-bond acceptors (Lipinski definition) is 6. The van der Waals surface area contributed by atoms with Gasteiger partial charge in [0.25, 0.3) is 11.1 Å². The van der Waals surface area contributed by atoms with Crippen LogP contribution in [0.4, 0.5) is 11.4 Å². The summed E-state index contributed by atoms with van der Waals surface area (Å²) in [6, 6.07) is 6.89. The van der Waals surface area contributed by atoms with Crippen molar-refractivity contribution in [2.75, 3.05) is 0 Å². The summed E-state index contributed by atoms with van der Waals surface area (Å²) in [7, 11) is 1.73. The van der Waals surface area contributed by atoms with Gasteiger partial charge in [0.2, 0.25) is 11.6 Å². The van der Waals surface area contributed by atoms with Crippen molar-refractivity contribution in [1.29, 1.82) is 0 Å². The monoisotopic (exact) mass is 462 g/mol. The maximum Gasteiger partial charge on any atom is 0.299 e. The largest absolute Gasteiger partial charge is 0.493 e. The summed E-state index contributed by atoms with van der Waals surface area (Å²) in [6.07, 6.45) is 0.499. The van der Waals surface area contributed by atoms with Gasteiger partial charge in [0.05, 0.1) is 11.4 Å². The molecule has 164 valence electrons. The molecule has 1 N–H and O–H groups in total. The molecule has 0 aliphatic carbocycles. The number of aromatic hydroxyl groups is 1. The van der Waals surface area contributed by atoms with Gasteiger partial charge in [-0.15, -0.1) is 10.2 Å². The third kappa shape index (κ3) is 3.88. The van der Waals surface area contributed by atoms with Gasteiger partial charge in [-0.2, -0.15) is 0 Å². The van der Waals surface area contributed by atoms with Crippen LogP contribution in [-0.4, -0.2) is 23.6 Å². The zero-order chi connectivity index (χ0) is 22.9. The van der Waals surface area contributed by atoms with E-state index in [2.05, 4.69) is 10.2 Å². The van der Waals surface area contributed by atoms with Crippen LogP contribution >= 0.6 is 23.8 Å². The SMILES string of the molecule is CCc1c(/N=N/c2c(O)n(CC)c(=S)n(CC)c2=O)c(=O)n(-c2cccc(Cl)c2)n1C. The summed E-state index contributed by atoms with van der Waals surface area (Å²) in [4.78, 5) is 25.9. The summed E-state index contributed by atoms with van der Waals surface area (Å²) >= 11 is 11.4. The third-order valence-corrected chi connectivity index (χ3v) is 5.68. The van der Waals surface area contributed by atoms with Crippen LogP contribution in [0, 0.1) is 4.77 Å². The predicted octanol–water partition coefficient (Wildman–Crippen LogP) is 4.25. The van der Waals surface area contributed by atoms with Crippen LogP contribution in [0.25, 0.3) is 5.69 Å². The first-order valence-electron chi connectivity index (χ1n) is 9.81. The molecule has 3 rings (SSSR count). The van der Waals surface area contributed by atoms with E-state index in [1.807, 2.05) is 6.92 Å². The molecule has 0 radical (unpaired) electrons. The van der Waals surface area contributed by atoms with E-state index in [-0.39, 0.29) is 22.0 Å². The summed E-state index contributed by atoms with van der Waals surface area (Å²) in [6.45, 7) is 6.10. The first kappa shape index (κ1) is 22.7. The quantitative estimate of drug-likeness (QED) is 0.437. The highest BCUT2D eigenvalue weighted by Gasteiger charge is 2.20. The molecule has 2 heterocycles. The van der Waals surface area contributed by atoms with E-state index in [4.69, 9.17) is 23.8 Å². The highest BCUT2D eigenvalue weighted by Crippen LogP contribution is 2.26. The molecule has 11 heteroatoms. The Balaban J connectivity index is 2.23. The van der Waals surface area contributed by atoms with Crippen molar-refractivity contribution in [2.24, 2.45) is 17.3 Å². The normalized spacial score (nSPS) is 11.5. The number of aromatic nitrogens is 4. The number of rotatable bonds is 6. The topological polar surface area (TPSA) is 98.8 Å². The van der Waals surface area contributed by atoms with Crippen molar-refractivity contribution in [3.05, 3.63) is 60.5 Å². The van der Waals surface area contributed by atoms with Crippen LogP contribution in [0.2, 0.25) is 5.02 Å². The number of halogens is 1. The lowest BCUT2D eigenvalue weighted by atomic mass is 10.3. The lowest BCUT2D eigenvalue weighted by Crippen LogP contribution is -2.24. The fraction of sp³-hybridized carbons (Fsp3) is 0.350. The first-order valence-corrected chi connectivity index (χ1v) is 10.6. The van der Waals surface area contributed by atoms with E-state index in [0.29, 0.717) is 35.9 Å². The average Bonchev–Trinajstić information content (AvgIpc) is 2.97. The molecule has 0 aliphatic heterocycles. The van der Waals surface area contributed by atoms with Crippen LogP contribution in [-0.2, 0) is 26.6 Å². The molecule has 0 amide bonds. The zero-order valence-corrected chi connectivity index (χ0v) is 19.2. The van der Waals surface area contributed by atoms with Crippen LogP contribution in [0.3, 0.4) is 0 Å². The smallest absolute Gasteiger partial charge is 0.299 e. The van der Waals surface area contributed by atoms with E-state index in [0.717, 1.165) is 0 Å². The standard InChI is InChI=1S/C20H23ClN6O3S/c1-5-14-15(19(30)27(24(14)4)13-10-8-9-12(21)11-13)22-23-16-17(28)25(6-2)20(31)26(7-3)18(16)29/h8-11,28H,5-7H2,1-4H3/b23-22+. The summed E-state index contributed by atoms with van der Waals surface area (Å²) in [5.74, 6) is -0.380. The fourth-order valence-corrected chi connectivity index (χ4v) is 4.07. The lowest BCUT2D eigenvalue weighted by Gasteiger charge is -2.12. The number of nitrogens with zero attached hydrogens (tertiary/aromatic N) is 6. The van der Waals surface area contributed by atoms with Gasteiger partial charge in [0, 0.05) is 25.2 Å². The molecule has 31 heavy (non-hydrogen) atoms. The van der Waals surface area contributed by atoms with Crippen LogP contribution in [0.5, 0.6) is 5.88 Å². The third-order valence-electron chi connectivity index (χ3n) is 5.01. The van der Waals surface area contributed by atoms with Crippen LogP contribution in [0.1, 0.15) is 26.5 Å². The Hall–Kier alpha value is -2.98. The molecule has 0 aliphatic rings. The minimum atomic E-state index is -0.567. The van der Waals surface area contributed by atoms with E-state index >= 15 is 0 Å². The zero-order valence-electron chi connectivity index (χ0n) is 17.7. The minimum absolute atomic E-state index is 0.0809. The molecule has 2 aromatic heterocycles. The van der Waals surface area contributed by atoms with E-state index in [1.165, 1.54) is 13.8 Å². The van der Waals surface area contributed by atoms with Gasteiger partial charge in [0.1, 0.15) is 0 Å². The Labute approximate surface area is 188 Å². The van der Waals surface area contributed by atoms with Gasteiger partial charge >= 0.3 is 0 Å². The Morgan fingerprint density at radius 3 is 2.26 bits per heavy atom. The maximum absolute atomic E-state index is 13.2. The molecule has 0 saturated heterocycles. The van der Waals surface area contributed by atoms with Crippen molar-refractivity contribution < 1.29 is 5.11 Å². The van der Waals surface area contributed by atoms with Crippen LogP contribution in [0.15, 0.2) is 44.1 Å². The predicted molar refractivity (Wildman–Crippen MR) is 122 cm³/mol. The molecule has 3 aromatic rings. The molecule has 9 nitrogen and oxygen atoms in total. The molecule has 0 saturated carbocycles. The van der Waals surface area contributed by atoms with Gasteiger partial charge in [0.15, 0.2) is 10.5 Å². The summed E-state index contributed by atoms with van der Waals surface area (Å²) < 4.78 is 6.02. The molecule has 0 atom stereocenters. The summed E-state index contributed by atoms with van der Waals surface area (Å²) in [5.41, 5.74) is 0.0275. The summed E-state index contributed by atoms with van der Waals surface area (Å²) in [5, 5.41) is 19.1. The highest BCUT2D eigenvalue weighted by atomic mass is 35.5. The average molecular weight is 463 g/mol. The lowest BCUT2D eigenvalue weighted by molar-refractivity contribution is 0.402. The maximum atomic E-state index is 13.2. The van der Waals surface area contributed by atoms with Gasteiger partial charge in [-0.1, -0.05) is 24.6 Å². The van der Waals surface area contributed by atoms with Crippen molar-refractivity contribution in [3.8, 4) is 11.6 Å². The second kappa shape index (κ2) is 9.03. The molecular weight excluding hydrogens is 440 g/mol. The molecule has 0 spiro atoms. The molecule has 0 fully saturated rings. The number of azo groups is 1. The van der Waals surface area contributed by atoms with E-state index in [9.17, 15) is 14.7 Å². The van der Waals surface area contributed by atoms with E-state index < -0.39 is 11.1 Å². The molecule has 0 bridgehead atoms. The second-order valence-electron chi connectivity index (χ2n) is 6.72. The van der Waals surface area contributed by atoms with Crippen molar-refractivity contribution in [2.45, 2.75) is 40.3 Å². The fourth-order valence-electron chi connectivity index (χ4n) is 3.45. The Morgan fingerprint density at radius 1 is 1.03 bits per heavy atom. The number of hydrogen-bond donors (Lipinski definition) is 1. The van der Waals surface area contributed by atoms with Crippen molar-refractivity contribution in [1.82, 2.24) is 18.5 Å². The van der Waals surface area contributed by atoms with Crippen LogP contribution < -0.4 is 11.1 Å². The Bertz CT molecular complexity index is 1350. The second-order valence-corrected chi connectivity index (χ2v) is 7.52. The van der Waals surface area contributed by atoms with Gasteiger partial charge < -0.3 is 5.11 Å². The highest BCUT2D eigenvalue weighted by molar-refractivity contribution is 7.71. The van der Waals surface area contributed by atoms with Gasteiger partial charge in [-0.05, 0) is 50.7 Å². The molecule has 1 aromatic carbocycles.